The molecule has 0 fully saturated rings. The Morgan fingerprint density at radius 1 is 1.33 bits per heavy atom. The Bertz CT molecular complexity index is 322. The molecule has 1 aromatic carbocycles. The molecule has 0 aromatic heterocycles. The van der Waals surface area contributed by atoms with Gasteiger partial charge in [-0.1, -0.05) is 29.8 Å². The van der Waals surface area contributed by atoms with E-state index in [1.165, 1.54) is 0 Å². The number of hydrogen-bond acceptors (Lipinski definition) is 1. The smallest absolute Gasteiger partial charge is 0.170 e. The first kappa shape index (κ1) is 12.5. The maximum Gasteiger partial charge on any atom is 0.170 e. The van der Waals surface area contributed by atoms with Crippen LogP contribution >= 0.6 is 28.1 Å². The molecule has 0 aliphatic carbocycles. The zero-order valence-corrected chi connectivity index (χ0v) is 11.3. The lowest BCUT2D eigenvalue weighted by Gasteiger charge is -2.12. The van der Waals surface area contributed by atoms with Crippen molar-refractivity contribution in [2.45, 2.75) is 13.8 Å². The Morgan fingerprint density at radius 2 is 1.93 bits per heavy atom. The summed E-state index contributed by atoms with van der Waals surface area (Å²) in [5.74, 6) is 0.592. The fourth-order valence-corrected chi connectivity index (χ4v) is 1.47. The van der Waals surface area contributed by atoms with Crippen molar-refractivity contribution in [1.82, 2.24) is 5.32 Å². The van der Waals surface area contributed by atoms with Crippen molar-refractivity contribution in [2.75, 3.05) is 11.9 Å². The van der Waals surface area contributed by atoms with Crippen LogP contribution in [0, 0.1) is 5.92 Å². The molecule has 2 N–H and O–H groups in total. The molecule has 0 amide bonds. The molecule has 0 aliphatic rings. The molecule has 4 heteroatoms. The van der Waals surface area contributed by atoms with Crippen LogP contribution in [0.1, 0.15) is 13.8 Å². The summed E-state index contributed by atoms with van der Waals surface area (Å²) in [6, 6.07) is 7.92. The van der Waals surface area contributed by atoms with Gasteiger partial charge in [0.2, 0.25) is 0 Å². The van der Waals surface area contributed by atoms with Gasteiger partial charge in [-0.05, 0) is 42.4 Å². The van der Waals surface area contributed by atoms with Crippen LogP contribution in [-0.4, -0.2) is 11.7 Å². The van der Waals surface area contributed by atoms with Gasteiger partial charge in [-0.3, -0.25) is 0 Å². The van der Waals surface area contributed by atoms with Crippen LogP contribution in [0.25, 0.3) is 0 Å². The Morgan fingerprint density at radius 3 is 2.47 bits per heavy atom. The number of halogens is 1. The Balaban J connectivity index is 2.41. The van der Waals surface area contributed by atoms with Gasteiger partial charge in [0.25, 0.3) is 0 Å². The van der Waals surface area contributed by atoms with Crippen LogP contribution in [-0.2, 0) is 0 Å². The molecule has 0 spiro atoms. The second-order valence-corrected chi connectivity index (χ2v) is 5.06. The quantitative estimate of drug-likeness (QED) is 0.833. The van der Waals surface area contributed by atoms with Gasteiger partial charge in [-0.2, -0.15) is 0 Å². The van der Waals surface area contributed by atoms with Crippen LogP contribution in [0.3, 0.4) is 0 Å². The molecule has 1 rings (SSSR count). The second-order valence-electron chi connectivity index (χ2n) is 3.74. The fraction of sp³-hybridized carbons (Fsp3) is 0.364. The summed E-state index contributed by atoms with van der Waals surface area (Å²) in [6.45, 7) is 5.19. The van der Waals surface area contributed by atoms with Gasteiger partial charge in [-0.25, -0.2) is 0 Å². The molecular weight excluding hydrogens is 272 g/mol. The van der Waals surface area contributed by atoms with E-state index < -0.39 is 0 Å². The molecule has 1 aromatic rings. The minimum Gasteiger partial charge on any atom is -0.362 e. The largest absolute Gasteiger partial charge is 0.362 e. The monoisotopic (exact) mass is 286 g/mol. The topological polar surface area (TPSA) is 24.1 Å². The van der Waals surface area contributed by atoms with E-state index in [0.29, 0.717) is 11.0 Å². The van der Waals surface area contributed by atoms with Crippen LogP contribution in [0.5, 0.6) is 0 Å². The molecule has 2 nitrogen and oxygen atoms in total. The molecular formula is C11H15BrN2S. The number of benzene rings is 1. The predicted molar refractivity (Wildman–Crippen MR) is 73.2 cm³/mol. The number of anilines is 1. The average Bonchev–Trinajstić information content (AvgIpc) is 2.19. The van der Waals surface area contributed by atoms with Gasteiger partial charge in [0.15, 0.2) is 5.11 Å². The van der Waals surface area contributed by atoms with Crippen molar-refractivity contribution >= 4 is 38.9 Å². The zero-order valence-electron chi connectivity index (χ0n) is 8.88. The van der Waals surface area contributed by atoms with E-state index in [2.05, 4.69) is 40.4 Å². The highest BCUT2D eigenvalue weighted by Crippen LogP contribution is 2.13. The van der Waals surface area contributed by atoms with Gasteiger partial charge in [0.05, 0.1) is 0 Å². The minimum absolute atomic E-state index is 0.592. The van der Waals surface area contributed by atoms with Gasteiger partial charge in [0.1, 0.15) is 0 Å². The van der Waals surface area contributed by atoms with Crippen LogP contribution in [0.15, 0.2) is 28.7 Å². The van der Waals surface area contributed by atoms with Gasteiger partial charge < -0.3 is 10.6 Å². The number of nitrogens with one attached hydrogen (secondary N) is 2. The third-order valence-corrected chi connectivity index (χ3v) is 2.55. The third-order valence-electron chi connectivity index (χ3n) is 1.77. The molecule has 82 valence electrons. The molecule has 0 heterocycles. The Kier molecular flexibility index (Phi) is 5.05. The normalized spacial score (nSPS) is 10.1. The van der Waals surface area contributed by atoms with E-state index in [9.17, 15) is 0 Å². The van der Waals surface area contributed by atoms with Crippen LogP contribution in [0.4, 0.5) is 5.69 Å². The molecule has 0 unspecified atom stereocenters. The highest BCUT2D eigenvalue weighted by molar-refractivity contribution is 9.10. The van der Waals surface area contributed by atoms with Crippen molar-refractivity contribution in [3.8, 4) is 0 Å². The maximum absolute atomic E-state index is 5.15. The van der Waals surface area contributed by atoms with E-state index in [4.69, 9.17) is 12.2 Å². The van der Waals surface area contributed by atoms with E-state index in [1.54, 1.807) is 0 Å². The summed E-state index contributed by atoms with van der Waals surface area (Å²) >= 11 is 8.54. The lowest BCUT2D eigenvalue weighted by Crippen LogP contribution is -2.31. The molecule has 0 bridgehead atoms. The van der Waals surface area contributed by atoms with Gasteiger partial charge in [-0.15, -0.1) is 0 Å². The van der Waals surface area contributed by atoms with Gasteiger partial charge >= 0.3 is 0 Å². The SMILES string of the molecule is CC(C)CNC(=S)Nc1ccc(Br)cc1. The first-order valence-electron chi connectivity index (χ1n) is 4.88. The lowest BCUT2D eigenvalue weighted by molar-refractivity contribution is 0.627. The Labute approximate surface area is 105 Å². The molecule has 15 heavy (non-hydrogen) atoms. The highest BCUT2D eigenvalue weighted by atomic mass is 79.9. The molecule has 0 atom stereocenters. The second kappa shape index (κ2) is 6.08. The zero-order chi connectivity index (χ0) is 11.3. The first-order valence-corrected chi connectivity index (χ1v) is 6.08. The summed E-state index contributed by atoms with van der Waals surface area (Å²) in [5.41, 5.74) is 0.999. The summed E-state index contributed by atoms with van der Waals surface area (Å²) < 4.78 is 1.06. The highest BCUT2D eigenvalue weighted by Gasteiger charge is 1.98. The van der Waals surface area contributed by atoms with E-state index in [0.717, 1.165) is 16.7 Å². The number of thiocarbonyl (C=S) groups is 1. The minimum atomic E-state index is 0.592. The molecule has 0 saturated heterocycles. The molecule has 0 radical (unpaired) electrons. The van der Waals surface area contributed by atoms with E-state index in [1.807, 2.05) is 24.3 Å². The number of hydrogen-bond donors (Lipinski definition) is 2. The predicted octanol–water partition coefficient (Wildman–Crippen LogP) is 3.39. The third kappa shape index (κ3) is 5.14. The summed E-state index contributed by atoms with van der Waals surface area (Å²) in [5, 5.41) is 6.95. The van der Waals surface area contributed by atoms with Crippen molar-refractivity contribution in [3.63, 3.8) is 0 Å². The lowest BCUT2D eigenvalue weighted by atomic mass is 10.2. The van der Waals surface area contributed by atoms with Crippen molar-refractivity contribution < 1.29 is 0 Å². The fourth-order valence-electron chi connectivity index (χ4n) is 1.01. The summed E-state index contributed by atoms with van der Waals surface area (Å²) in [4.78, 5) is 0. The van der Waals surface area contributed by atoms with E-state index >= 15 is 0 Å². The molecule has 0 aliphatic heterocycles. The van der Waals surface area contributed by atoms with Crippen LogP contribution < -0.4 is 10.6 Å². The first-order chi connectivity index (χ1) is 7.08. The van der Waals surface area contributed by atoms with Gasteiger partial charge in [0, 0.05) is 16.7 Å². The molecule has 0 saturated carbocycles. The summed E-state index contributed by atoms with van der Waals surface area (Å²) in [7, 11) is 0. The standard InChI is InChI=1S/C11H15BrN2S/c1-8(2)7-13-11(15)14-10-5-3-9(12)4-6-10/h3-6,8H,7H2,1-2H3,(H2,13,14,15). The number of rotatable bonds is 3. The van der Waals surface area contributed by atoms with Crippen LogP contribution in [0.2, 0.25) is 0 Å². The van der Waals surface area contributed by atoms with Crippen molar-refractivity contribution in [3.05, 3.63) is 28.7 Å². The van der Waals surface area contributed by atoms with Crippen molar-refractivity contribution in [1.29, 1.82) is 0 Å². The average molecular weight is 287 g/mol. The van der Waals surface area contributed by atoms with Crippen molar-refractivity contribution in [2.24, 2.45) is 5.92 Å². The summed E-state index contributed by atoms with van der Waals surface area (Å²) in [6.07, 6.45) is 0. The maximum atomic E-state index is 5.15. The van der Waals surface area contributed by atoms with E-state index in [-0.39, 0.29) is 0 Å². The Hall–Kier alpha value is -0.610.